The van der Waals surface area contributed by atoms with Gasteiger partial charge < -0.3 is 74.4 Å². The summed E-state index contributed by atoms with van der Waals surface area (Å²) in [5.74, 6) is 0. The molecule has 8 heteroatoms. The van der Waals surface area contributed by atoms with Crippen LogP contribution in [0.25, 0.3) is 0 Å². The Morgan fingerprint density at radius 3 is 0.375 bits per heavy atom. The summed E-state index contributed by atoms with van der Waals surface area (Å²) in [6.07, 6.45) is 0. The smallest absolute Gasteiger partial charge is 1.00 e. The Hall–Kier alpha value is 4.44. The second-order valence-electron chi connectivity index (χ2n) is 0. The molecular weight excluding hydrogens is 510 g/mol. The summed E-state index contributed by atoms with van der Waals surface area (Å²) < 4.78 is 0. The molecular formula is CeCl6Gd. The van der Waals surface area contributed by atoms with Crippen molar-refractivity contribution >= 4 is 0 Å². The van der Waals surface area contributed by atoms with Crippen LogP contribution in [0.5, 0.6) is 0 Å². The fraction of sp³-hybridized carbons (Fsp3) is 0. The van der Waals surface area contributed by atoms with Crippen molar-refractivity contribution in [3.05, 3.63) is 0 Å². The fourth-order valence-corrected chi connectivity index (χ4v) is 0. The Kier molecular flexibility index (Phi) is 653. The Balaban J connectivity index is 0. The van der Waals surface area contributed by atoms with Crippen LogP contribution in [0.4, 0.5) is 0 Å². The van der Waals surface area contributed by atoms with E-state index in [-0.39, 0.29) is 156 Å². The van der Waals surface area contributed by atoms with E-state index in [1.54, 1.807) is 0 Å². The van der Waals surface area contributed by atoms with Crippen LogP contribution >= 0.6 is 0 Å². The van der Waals surface area contributed by atoms with Crippen LogP contribution in [0.15, 0.2) is 0 Å². The van der Waals surface area contributed by atoms with Gasteiger partial charge in [-0.2, -0.15) is 0 Å². The van der Waals surface area contributed by atoms with Gasteiger partial charge in [0.2, 0.25) is 0 Å². The first-order valence-corrected chi connectivity index (χ1v) is 0. The molecule has 0 aliphatic rings. The van der Waals surface area contributed by atoms with Gasteiger partial charge in [-0.25, -0.2) is 0 Å². The van der Waals surface area contributed by atoms with E-state index in [9.17, 15) is 0 Å². The largest absolute Gasteiger partial charge is 3.00 e. The van der Waals surface area contributed by atoms with Crippen LogP contribution in [0.1, 0.15) is 0 Å². The van der Waals surface area contributed by atoms with E-state index in [0.717, 1.165) is 0 Å². The Morgan fingerprint density at radius 2 is 0.375 bits per heavy atom. The molecule has 0 bridgehead atoms. The monoisotopic (exact) mass is 508 g/mol. The third kappa shape index (κ3) is 47.2. The van der Waals surface area contributed by atoms with E-state index in [1.165, 1.54) is 0 Å². The first kappa shape index (κ1) is 82.6. The molecule has 0 aromatic heterocycles. The minimum Gasteiger partial charge on any atom is -1.00 e. The van der Waals surface area contributed by atoms with Crippen LogP contribution in [-0.2, 0) is 0 Å². The maximum atomic E-state index is 0. The minimum atomic E-state index is 0. The first-order valence-electron chi connectivity index (χ1n) is 0. The van der Waals surface area contributed by atoms with Gasteiger partial charge in [0.1, 0.15) is 0 Å². The second kappa shape index (κ2) is 63.2. The zero-order valence-electron chi connectivity index (χ0n) is 3.12. The third-order valence-corrected chi connectivity index (χ3v) is 0. The zero-order valence-corrected chi connectivity index (χ0v) is 13.1. The van der Waals surface area contributed by atoms with Crippen molar-refractivity contribution in [2.24, 2.45) is 0 Å². The minimum absolute atomic E-state index is 0. The van der Waals surface area contributed by atoms with Crippen LogP contribution in [0, 0.1) is 81.7 Å². The van der Waals surface area contributed by atoms with Gasteiger partial charge in [0, 0.05) is 0 Å². The maximum absolute atomic E-state index is 0. The quantitative estimate of drug-likeness (QED) is 0.304. The molecule has 0 aromatic rings. The summed E-state index contributed by atoms with van der Waals surface area (Å²) in [5, 5.41) is 0. The van der Waals surface area contributed by atoms with Crippen molar-refractivity contribution in [2.75, 3.05) is 0 Å². The van der Waals surface area contributed by atoms with Crippen molar-refractivity contribution < 1.29 is 156 Å². The molecule has 0 saturated carbocycles. The van der Waals surface area contributed by atoms with Crippen LogP contribution < -0.4 is 74.4 Å². The average Bonchev–Trinajstić information content (AvgIpc) is 0. The molecule has 0 aliphatic heterocycles. The molecule has 0 nitrogen and oxygen atoms in total. The summed E-state index contributed by atoms with van der Waals surface area (Å²) in [5.41, 5.74) is 0. The first-order chi connectivity index (χ1) is 0. The maximum Gasteiger partial charge on any atom is 3.00 e. The number of hydrogen-bond donors (Lipinski definition) is 0. The fourth-order valence-electron chi connectivity index (χ4n) is 0. The molecule has 0 amide bonds. The van der Waals surface area contributed by atoms with Gasteiger partial charge in [0.25, 0.3) is 0 Å². The summed E-state index contributed by atoms with van der Waals surface area (Å²) in [4.78, 5) is 0. The number of halogens is 6. The van der Waals surface area contributed by atoms with Crippen molar-refractivity contribution in [1.82, 2.24) is 0 Å². The van der Waals surface area contributed by atoms with Crippen molar-refractivity contribution in [1.29, 1.82) is 0 Å². The molecule has 0 saturated heterocycles. The molecule has 0 aliphatic carbocycles. The molecule has 0 atom stereocenters. The summed E-state index contributed by atoms with van der Waals surface area (Å²) in [6, 6.07) is 0. The third-order valence-electron chi connectivity index (χ3n) is 0. The molecule has 2 radical (unpaired) electrons. The van der Waals surface area contributed by atoms with Gasteiger partial charge >= 0.3 is 81.7 Å². The van der Waals surface area contributed by atoms with E-state index >= 15 is 0 Å². The number of hydrogen-bond acceptors (Lipinski definition) is 0. The summed E-state index contributed by atoms with van der Waals surface area (Å²) >= 11 is 0. The topological polar surface area (TPSA) is 0 Å². The normalized spacial score (nSPS) is 0. The molecule has 0 rings (SSSR count). The van der Waals surface area contributed by atoms with Crippen molar-refractivity contribution in [3.63, 3.8) is 0 Å². The van der Waals surface area contributed by atoms with Gasteiger partial charge in [0.15, 0.2) is 0 Å². The van der Waals surface area contributed by atoms with Crippen molar-refractivity contribution in [3.8, 4) is 0 Å². The molecule has 0 fully saturated rings. The van der Waals surface area contributed by atoms with Gasteiger partial charge in [-0.3, -0.25) is 0 Å². The zero-order chi connectivity index (χ0) is 0. The Morgan fingerprint density at radius 1 is 0.375 bits per heavy atom. The summed E-state index contributed by atoms with van der Waals surface area (Å²) in [7, 11) is 0. The predicted molar refractivity (Wildman–Crippen MR) is 0 cm³/mol. The van der Waals surface area contributed by atoms with Gasteiger partial charge in [-0.05, 0) is 0 Å². The molecule has 0 N–H and O–H groups in total. The van der Waals surface area contributed by atoms with Crippen LogP contribution in [0.2, 0.25) is 0 Å². The Labute approximate surface area is 152 Å². The van der Waals surface area contributed by atoms with Crippen LogP contribution in [-0.4, -0.2) is 0 Å². The van der Waals surface area contributed by atoms with E-state index in [0.29, 0.717) is 0 Å². The average molecular weight is 510 g/mol. The van der Waals surface area contributed by atoms with E-state index < -0.39 is 0 Å². The standard InChI is InChI=1S/Ce.6ClH.Gd/h;6*1H;/q+3;;;;;;;+3/p-6. The van der Waals surface area contributed by atoms with Gasteiger partial charge in [-0.15, -0.1) is 0 Å². The molecule has 8 heavy (non-hydrogen) atoms. The van der Waals surface area contributed by atoms with Crippen LogP contribution in [0.3, 0.4) is 0 Å². The second-order valence-corrected chi connectivity index (χ2v) is 0. The predicted octanol–water partition coefficient (Wildman–Crippen LogP) is -18.0. The van der Waals surface area contributed by atoms with Crippen molar-refractivity contribution in [2.45, 2.75) is 0 Å². The van der Waals surface area contributed by atoms with Gasteiger partial charge in [0.05, 0.1) is 0 Å². The number of rotatable bonds is 0. The van der Waals surface area contributed by atoms with E-state index in [4.69, 9.17) is 0 Å². The van der Waals surface area contributed by atoms with E-state index in [2.05, 4.69) is 0 Å². The van der Waals surface area contributed by atoms with Gasteiger partial charge in [-0.1, -0.05) is 0 Å². The molecule has 0 unspecified atom stereocenters. The molecule has 0 heterocycles. The SMILES string of the molecule is [Ce+3].[Cl-].[Cl-].[Cl-].[Cl-].[Cl-].[Cl-].[Gd+3]. The molecule has 0 aromatic carbocycles. The summed E-state index contributed by atoms with van der Waals surface area (Å²) in [6.45, 7) is 0. The molecule has 54 valence electrons. The molecule has 0 spiro atoms. The Bertz CT molecular complexity index is 8.49. The van der Waals surface area contributed by atoms with E-state index in [1.807, 2.05) is 0 Å².